The van der Waals surface area contributed by atoms with Crippen LogP contribution in [-0.4, -0.2) is 47.0 Å². The molecule has 1 N–H and O–H groups in total. The molecule has 0 aromatic heterocycles. The molecule has 0 radical (unpaired) electrons. The number of hydrogen-bond donors (Lipinski definition) is 1. The van der Waals surface area contributed by atoms with Crippen LogP contribution in [0.4, 0.5) is 4.79 Å². The van der Waals surface area contributed by atoms with E-state index in [1.807, 2.05) is 11.8 Å². The van der Waals surface area contributed by atoms with Gasteiger partial charge in [0.25, 0.3) is 5.91 Å². The van der Waals surface area contributed by atoms with Crippen molar-refractivity contribution < 1.29 is 9.59 Å². The van der Waals surface area contributed by atoms with Crippen LogP contribution in [0, 0.1) is 11.3 Å². The number of hydrogen-bond acceptors (Lipinski definition) is 4. The molecule has 1 saturated heterocycles. The van der Waals surface area contributed by atoms with Crippen LogP contribution in [-0.2, 0) is 4.79 Å². The molecule has 1 aliphatic carbocycles. The average Bonchev–Trinajstić information content (AvgIpc) is 2.69. The summed E-state index contributed by atoms with van der Waals surface area (Å²) in [6.45, 7) is 3.18. The molecule has 0 bridgehead atoms. The summed E-state index contributed by atoms with van der Waals surface area (Å²) in [6, 6.07) is 1.80. The van der Waals surface area contributed by atoms with Gasteiger partial charge >= 0.3 is 6.03 Å². The number of amides is 3. The summed E-state index contributed by atoms with van der Waals surface area (Å²) in [5.74, 6) is -0.0987. The number of nitriles is 1. The third kappa shape index (κ3) is 3.58. The minimum atomic E-state index is -0.692. The van der Waals surface area contributed by atoms with Crippen molar-refractivity contribution in [1.29, 1.82) is 5.26 Å². The Balaban J connectivity index is 2.08. The van der Waals surface area contributed by atoms with Crippen LogP contribution in [0.15, 0.2) is 0 Å². The Morgan fingerprint density at radius 2 is 1.86 bits per heavy atom. The number of nitrogens with zero attached hydrogens (tertiary/aromatic N) is 3. The van der Waals surface area contributed by atoms with Crippen molar-refractivity contribution in [1.82, 2.24) is 15.1 Å². The molecule has 2 aliphatic rings. The SMILES string of the molecule is CCCN(CC#N)CN1C(=O)NC2(CCCCCCC2)C1=O. The predicted molar refractivity (Wildman–Crippen MR) is 82.8 cm³/mol. The summed E-state index contributed by atoms with van der Waals surface area (Å²) in [6.07, 6.45) is 7.79. The zero-order valence-corrected chi connectivity index (χ0v) is 13.4. The lowest BCUT2D eigenvalue weighted by atomic mass is 9.84. The number of carbonyl (C=O) groups excluding carboxylic acids is 2. The quantitative estimate of drug-likeness (QED) is 0.624. The lowest BCUT2D eigenvalue weighted by molar-refractivity contribution is -0.133. The molecule has 1 heterocycles. The first-order valence-corrected chi connectivity index (χ1v) is 8.36. The van der Waals surface area contributed by atoms with Crippen molar-refractivity contribution in [3.8, 4) is 6.07 Å². The van der Waals surface area contributed by atoms with E-state index in [9.17, 15) is 9.59 Å². The largest absolute Gasteiger partial charge is 0.326 e. The predicted octanol–water partition coefficient (Wildman–Crippen LogP) is 2.21. The van der Waals surface area contributed by atoms with Gasteiger partial charge in [0.15, 0.2) is 0 Å². The Hall–Kier alpha value is -1.61. The van der Waals surface area contributed by atoms with Gasteiger partial charge in [-0.05, 0) is 19.3 Å². The topological polar surface area (TPSA) is 76.4 Å². The highest BCUT2D eigenvalue weighted by atomic mass is 16.2. The van der Waals surface area contributed by atoms with E-state index < -0.39 is 5.54 Å². The maximum atomic E-state index is 12.8. The Kier molecular flexibility index (Phi) is 5.78. The van der Waals surface area contributed by atoms with E-state index in [1.54, 1.807) is 0 Å². The maximum absolute atomic E-state index is 12.8. The van der Waals surface area contributed by atoms with Crippen LogP contribution in [0.3, 0.4) is 0 Å². The summed E-state index contributed by atoms with van der Waals surface area (Å²) < 4.78 is 0. The summed E-state index contributed by atoms with van der Waals surface area (Å²) in [5, 5.41) is 11.8. The van der Waals surface area contributed by atoms with E-state index in [0.29, 0.717) is 6.54 Å². The molecule has 6 heteroatoms. The van der Waals surface area contributed by atoms with Gasteiger partial charge in [-0.25, -0.2) is 9.69 Å². The fraction of sp³-hybridized carbons (Fsp3) is 0.812. The first kappa shape index (κ1) is 16.8. The normalized spacial score (nSPS) is 21.6. The molecule has 0 aromatic rings. The second kappa shape index (κ2) is 7.59. The van der Waals surface area contributed by atoms with Gasteiger partial charge in [-0.2, -0.15) is 5.26 Å². The van der Waals surface area contributed by atoms with E-state index in [-0.39, 0.29) is 25.2 Å². The second-order valence-corrected chi connectivity index (χ2v) is 6.37. The summed E-state index contributed by atoms with van der Waals surface area (Å²) in [4.78, 5) is 28.3. The molecular formula is C16H26N4O2. The standard InChI is InChI=1S/C16H26N4O2/c1-2-11-19(12-10-17)13-20-14(21)16(18-15(20)22)8-6-4-3-5-7-9-16/h2-9,11-13H2,1H3,(H,18,22). The minimum Gasteiger partial charge on any atom is -0.323 e. The fourth-order valence-electron chi connectivity index (χ4n) is 3.47. The fourth-order valence-corrected chi connectivity index (χ4v) is 3.47. The highest BCUT2D eigenvalue weighted by molar-refractivity contribution is 6.07. The lowest BCUT2D eigenvalue weighted by Gasteiger charge is -2.29. The molecular weight excluding hydrogens is 280 g/mol. The number of nitrogens with one attached hydrogen (secondary N) is 1. The maximum Gasteiger partial charge on any atom is 0.326 e. The summed E-state index contributed by atoms with van der Waals surface area (Å²) in [5.41, 5.74) is -0.692. The third-order valence-corrected chi connectivity index (χ3v) is 4.63. The van der Waals surface area contributed by atoms with Crippen LogP contribution in [0.5, 0.6) is 0 Å². The number of imide groups is 1. The highest BCUT2D eigenvalue weighted by Gasteiger charge is 2.50. The molecule has 0 atom stereocenters. The van der Waals surface area contributed by atoms with Gasteiger partial charge in [-0.15, -0.1) is 0 Å². The molecule has 2 fully saturated rings. The van der Waals surface area contributed by atoms with Gasteiger partial charge in [-0.1, -0.05) is 39.0 Å². The van der Waals surface area contributed by atoms with Gasteiger partial charge < -0.3 is 5.32 Å². The zero-order valence-electron chi connectivity index (χ0n) is 13.4. The van der Waals surface area contributed by atoms with Crippen LogP contribution in [0.25, 0.3) is 0 Å². The Morgan fingerprint density at radius 3 is 2.45 bits per heavy atom. The molecule has 1 aliphatic heterocycles. The van der Waals surface area contributed by atoms with Crippen molar-refractivity contribution in [3.63, 3.8) is 0 Å². The molecule has 22 heavy (non-hydrogen) atoms. The van der Waals surface area contributed by atoms with Gasteiger partial charge in [-0.3, -0.25) is 9.69 Å². The average molecular weight is 306 g/mol. The Labute approximate surface area is 132 Å². The smallest absolute Gasteiger partial charge is 0.323 e. The van der Waals surface area contributed by atoms with Gasteiger partial charge in [0.05, 0.1) is 19.3 Å². The molecule has 3 amide bonds. The molecule has 6 nitrogen and oxygen atoms in total. The van der Waals surface area contributed by atoms with Crippen molar-refractivity contribution in [2.75, 3.05) is 19.8 Å². The van der Waals surface area contributed by atoms with Crippen LogP contribution in [0.2, 0.25) is 0 Å². The van der Waals surface area contributed by atoms with E-state index >= 15 is 0 Å². The van der Waals surface area contributed by atoms with Crippen molar-refractivity contribution >= 4 is 11.9 Å². The monoisotopic (exact) mass is 306 g/mol. The summed E-state index contributed by atoms with van der Waals surface area (Å²) >= 11 is 0. The van der Waals surface area contributed by atoms with E-state index in [2.05, 4.69) is 11.4 Å². The van der Waals surface area contributed by atoms with Crippen LogP contribution in [0.1, 0.15) is 58.3 Å². The number of rotatable bonds is 5. The van der Waals surface area contributed by atoms with Crippen LogP contribution >= 0.6 is 0 Å². The van der Waals surface area contributed by atoms with E-state index in [1.165, 1.54) is 11.3 Å². The molecule has 2 rings (SSSR count). The Bertz CT molecular complexity index is 450. The van der Waals surface area contributed by atoms with Crippen LogP contribution < -0.4 is 5.32 Å². The second-order valence-electron chi connectivity index (χ2n) is 6.37. The molecule has 1 saturated carbocycles. The third-order valence-electron chi connectivity index (χ3n) is 4.63. The molecule has 1 spiro atoms. The van der Waals surface area contributed by atoms with E-state index in [0.717, 1.165) is 44.9 Å². The van der Waals surface area contributed by atoms with Gasteiger partial charge in [0.1, 0.15) is 5.54 Å². The minimum absolute atomic E-state index is 0.0987. The highest BCUT2D eigenvalue weighted by Crippen LogP contribution is 2.32. The van der Waals surface area contributed by atoms with Crippen molar-refractivity contribution in [2.24, 2.45) is 0 Å². The lowest BCUT2D eigenvalue weighted by Crippen LogP contribution is -2.48. The zero-order chi connectivity index (χ0) is 16.0. The first-order chi connectivity index (χ1) is 10.6. The molecule has 122 valence electrons. The summed E-state index contributed by atoms with van der Waals surface area (Å²) in [7, 11) is 0. The Morgan fingerprint density at radius 1 is 1.23 bits per heavy atom. The van der Waals surface area contributed by atoms with Gasteiger partial charge in [0.2, 0.25) is 0 Å². The van der Waals surface area contributed by atoms with E-state index in [4.69, 9.17) is 5.26 Å². The van der Waals surface area contributed by atoms with Gasteiger partial charge in [0, 0.05) is 6.54 Å². The first-order valence-electron chi connectivity index (χ1n) is 8.36. The molecule has 0 unspecified atom stereocenters. The number of carbonyl (C=O) groups is 2. The van der Waals surface area contributed by atoms with Crippen molar-refractivity contribution in [2.45, 2.75) is 63.8 Å². The number of urea groups is 1. The molecule has 0 aromatic carbocycles. The van der Waals surface area contributed by atoms with Crippen molar-refractivity contribution in [3.05, 3.63) is 0 Å².